The minimum absolute atomic E-state index is 0.0206. The van der Waals surface area contributed by atoms with Crippen LogP contribution in [0.3, 0.4) is 0 Å². The number of rotatable bonds is 1. The molecule has 2 rings (SSSR count). The number of aromatic nitrogens is 2. The molecule has 0 aliphatic rings. The molecule has 0 saturated carbocycles. The Morgan fingerprint density at radius 2 is 2.31 bits per heavy atom. The molecule has 2 aromatic rings. The zero-order valence-electron chi connectivity index (χ0n) is 7.86. The second-order valence-corrected chi connectivity index (χ2v) is 3.39. The van der Waals surface area contributed by atoms with Gasteiger partial charge in [0.2, 0.25) is 0 Å². The second kappa shape index (κ2) is 2.85. The summed E-state index contributed by atoms with van der Waals surface area (Å²) in [6.45, 7) is 3.98. The SMILES string of the molecule is Cc1cnc2c(ccn2C(C)N)c1. The van der Waals surface area contributed by atoms with E-state index in [1.807, 2.05) is 36.9 Å². The van der Waals surface area contributed by atoms with Gasteiger partial charge in [-0.3, -0.25) is 0 Å². The van der Waals surface area contributed by atoms with Gasteiger partial charge in [0.1, 0.15) is 5.65 Å². The number of fused-ring (bicyclic) bond motifs is 1. The van der Waals surface area contributed by atoms with E-state index in [-0.39, 0.29) is 6.17 Å². The summed E-state index contributed by atoms with van der Waals surface area (Å²) in [5.74, 6) is 0. The normalized spacial score (nSPS) is 13.5. The van der Waals surface area contributed by atoms with E-state index < -0.39 is 0 Å². The average Bonchev–Trinajstić information content (AvgIpc) is 2.46. The van der Waals surface area contributed by atoms with Gasteiger partial charge in [-0.15, -0.1) is 0 Å². The summed E-state index contributed by atoms with van der Waals surface area (Å²) in [4.78, 5) is 4.34. The molecule has 2 N–H and O–H groups in total. The molecule has 0 spiro atoms. The van der Waals surface area contributed by atoms with Gasteiger partial charge in [0.25, 0.3) is 0 Å². The van der Waals surface area contributed by atoms with Gasteiger partial charge in [0.15, 0.2) is 0 Å². The van der Waals surface area contributed by atoms with Gasteiger partial charge in [-0.1, -0.05) is 0 Å². The Hall–Kier alpha value is -1.35. The third-order valence-electron chi connectivity index (χ3n) is 2.13. The van der Waals surface area contributed by atoms with Crippen molar-refractivity contribution >= 4 is 11.0 Å². The van der Waals surface area contributed by atoms with Gasteiger partial charge < -0.3 is 10.3 Å². The van der Waals surface area contributed by atoms with E-state index in [1.54, 1.807) is 0 Å². The maximum absolute atomic E-state index is 5.79. The molecule has 13 heavy (non-hydrogen) atoms. The fraction of sp³-hybridized carbons (Fsp3) is 0.300. The first kappa shape index (κ1) is 8.26. The first-order valence-corrected chi connectivity index (χ1v) is 4.37. The Balaban J connectivity index is 2.69. The predicted molar refractivity (Wildman–Crippen MR) is 53.4 cm³/mol. The third kappa shape index (κ3) is 1.31. The van der Waals surface area contributed by atoms with E-state index in [1.165, 1.54) is 5.56 Å². The van der Waals surface area contributed by atoms with Crippen LogP contribution in [-0.4, -0.2) is 9.55 Å². The van der Waals surface area contributed by atoms with Crippen LogP contribution in [0.4, 0.5) is 0 Å². The summed E-state index contributed by atoms with van der Waals surface area (Å²) < 4.78 is 1.97. The fourth-order valence-corrected chi connectivity index (χ4v) is 1.48. The standard InChI is InChI=1S/C10H13N3/c1-7-5-9-3-4-13(8(2)11)10(9)12-6-7/h3-6,8H,11H2,1-2H3. The molecule has 0 fully saturated rings. The molecule has 0 radical (unpaired) electrons. The maximum atomic E-state index is 5.79. The van der Waals surface area contributed by atoms with Crippen molar-refractivity contribution in [1.82, 2.24) is 9.55 Å². The van der Waals surface area contributed by atoms with E-state index >= 15 is 0 Å². The first-order valence-electron chi connectivity index (χ1n) is 4.37. The van der Waals surface area contributed by atoms with E-state index in [9.17, 15) is 0 Å². The lowest BCUT2D eigenvalue weighted by Crippen LogP contribution is -2.13. The van der Waals surface area contributed by atoms with Crippen molar-refractivity contribution in [2.24, 2.45) is 5.73 Å². The number of pyridine rings is 1. The Kier molecular flexibility index (Phi) is 1.81. The van der Waals surface area contributed by atoms with Crippen molar-refractivity contribution < 1.29 is 0 Å². The molecule has 3 nitrogen and oxygen atoms in total. The molecule has 1 atom stereocenters. The van der Waals surface area contributed by atoms with Crippen LogP contribution in [-0.2, 0) is 0 Å². The zero-order valence-corrected chi connectivity index (χ0v) is 7.86. The highest BCUT2D eigenvalue weighted by Crippen LogP contribution is 2.16. The molecule has 68 valence electrons. The Morgan fingerprint density at radius 1 is 1.54 bits per heavy atom. The van der Waals surface area contributed by atoms with E-state index in [0.29, 0.717) is 0 Å². The maximum Gasteiger partial charge on any atom is 0.141 e. The highest BCUT2D eigenvalue weighted by molar-refractivity contribution is 5.76. The molecule has 0 bridgehead atoms. The highest BCUT2D eigenvalue weighted by atomic mass is 15.1. The Labute approximate surface area is 77.2 Å². The van der Waals surface area contributed by atoms with Gasteiger partial charge in [0, 0.05) is 17.8 Å². The van der Waals surface area contributed by atoms with Gasteiger partial charge in [-0.05, 0) is 31.5 Å². The number of nitrogens with two attached hydrogens (primary N) is 1. The van der Waals surface area contributed by atoms with Gasteiger partial charge in [-0.2, -0.15) is 0 Å². The summed E-state index contributed by atoms with van der Waals surface area (Å²) >= 11 is 0. The summed E-state index contributed by atoms with van der Waals surface area (Å²) in [7, 11) is 0. The smallest absolute Gasteiger partial charge is 0.141 e. The lowest BCUT2D eigenvalue weighted by molar-refractivity contribution is 0.588. The Morgan fingerprint density at radius 3 is 3.00 bits per heavy atom. The van der Waals surface area contributed by atoms with Gasteiger partial charge >= 0.3 is 0 Å². The van der Waals surface area contributed by atoms with Crippen LogP contribution in [0.2, 0.25) is 0 Å². The van der Waals surface area contributed by atoms with Crippen LogP contribution in [0.25, 0.3) is 11.0 Å². The Bertz CT molecular complexity index is 429. The minimum Gasteiger partial charge on any atom is -0.317 e. The van der Waals surface area contributed by atoms with Crippen molar-refractivity contribution in [1.29, 1.82) is 0 Å². The van der Waals surface area contributed by atoms with Crippen LogP contribution < -0.4 is 5.73 Å². The molecule has 0 aromatic carbocycles. The molecular weight excluding hydrogens is 162 g/mol. The fourth-order valence-electron chi connectivity index (χ4n) is 1.48. The minimum atomic E-state index is -0.0206. The first-order chi connectivity index (χ1) is 6.18. The van der Waals surface area contributed by atoms with Gasteiger partial charge in [-0.25, -0.2) is 4.98 Å². The summed E-state index contributed by atoms with van der Waals surface area (Å²) in [6.07, 6.45) is 3.82. The molecule has 0 saturated heterocycles. The summed E-state index contributed by atoms with van der Waals surface area (Å²) in [5, 5.41) is 1.15. The summed E-state index contributed by atoms with van der Waals surface area (Å²) in [5.41, 5.74) is 7.92. The number of aryl methyl sites for hydroxylation is 1. The zero-order chi connectivity index (χ0) is 9.42. The summed E-state index contributed by atoms with van der Waals surface area (Å²) in [6, 6.07) is 4.15. The molecule has 2 aromatic heterocycles. The molecule has 1 unspecified atom stereocenters. The molecule has 3 heteroatoms. The topological polar surface area (TPSA) is 43.8 Å². The molecule has 0 aliphatic heterocycles. The van der Waals surface area contributed by atoms with E-state index in [0.717, 1.165) is 11.0 Å². The van der Waals surface area contributed by atoms with Crippen LogP contribution in [0.1, 0.15) is 18.7 Å². The van der Waals surface area contributed by atoms with Crippen molar-refractivity contribution in [3.63, 3.8) is 0 Å². The molecule has 0 amide bonds. The van der Waals surface area contributed by atoms with Crippen LogP contribution in [0.15, 0.2) is 24.5 Å². The van der Waals surface area contributed by atoms with E-state index in [4.69, 9.17) is 5.73 Å². The predicted octanol–water partition coefficient (Wildman–Crippen LogP) is 1.82. The average molecular weight is 175 g/mol. The lowest BCUT2D eigenvalue weighted by atomic mass is 10.2. The van der Waals surface area contributed by atoms with Crippen molar-refractivity contribution in [3.8, 4) is 0 Å². The van der Waals surface area contributed by atoms with Crippen LogP contribution in [0.5, 0.6) is 0 Å². The molecule has 0 aliphatic carbocycles. The number of hydrogen-bond acceptors (Lipinski definition) is 2. The highest BCUT2D eigenvalue weighted by Gasteiger charge is 2.04. The van der Waals surface area contributed by atoms with Crippen molar-refractivity contribution in [2.75, 3.05) is 0 Å². The van der Waals surface area contributed by atoms with Crippen molar-refractivity contribution in [2.45, 2.75) is 20.0 Å². The van der Waals surface area contributed by atoms with Crippen LogP contribution >= 0.6 is 0 Å². The monoisotopic (exact) mass is 175 g/mol. The molecular formula is C10H13N3. The van der Waals surface area contributed by atoms with Crippen LogP contribution in [0, 0.1) is 6.92 Å². The quantitative estimate of drug-likeness (QED) is 0.718. The number of hydrogen-bond donors (Lipinski definition) is 1. The molecule has 2 heterocycles. The third-order valence-corrected chi connectivity index (χ3v) is 2.13. The van der Waals surface area contributed by atoms with E-state index in [2.05, 4.69) is 11.1 Å². The number of nitrogens with zero attached hydrogens (tertiary/aromatic N) is 2. The van der Waals surface area contributed by atoms with Crippen molar-refractivity contribution in [3.05, 3.63) is 30.1 Å². The second-order valence-electron chi connectivity index (χ2n) is 3.39. The van der Waals surface area contributed by atoms with Gasteiger partial charge in [0.05, 0.1) is 6.17 Å². The largest absolute Gasteiger partial charge is 0.317 e. The lowest BCUT2D eigenvalue weighted by Gasteiger charge is -2.07.